The Morgan fingerprint density at radius 2 is 1.73 bits per heavy atom. The largest absolute Gasteiger partial charge is 0.435 e. The molecule has 7 nitrogen and oxygen atoms in total. The van der Waals surface area contributed by atoms with E-state index >= 15 is 0 Å². The van der Waals surface area contributed by atoms with Crippen LogP contribution in [0.15, 0.2) is 53.4 Å². The van der Waals surface area contributed by atoms with Crippen molar-refractivity contribution in [3.8, 4) is 11.3 Å². The van der Waals surface area contributed by atoms with Crippen LogP contribution in [0, 0.1) is 17.5 Å². The number of hydrogen-bond donors (Lipinski definition) is 1. The highest BCUT2D eigenvalue weighted by Crippen LogP contribution is 2.32. The van der Waals surface area contributed by atoms with Gasteiger partial charge in [0.25, 0.3) is 0 Å². The zero-order chi connectivity index (χ0) is 27.1. The van der Waals surface area contributed by atoms with Crippen LogP contribution in [-0.2, 0) is 27.4 Å². The van der Waals surface area contributed by atoms with Crippen molar-refractivity contribution in [3.63, 3.8) is 0 Å². The molecular formula is C23H18F6N4O3S. The Bertz CT molecular complexity index is 1450. The first-order chi connectivity index (χ1) is 17.3. The van der Waals surface area contributed by atoms with Crippen molar-refractivity contribution in [1.82, 2.24) is 15.1 Å². The normalized spacial score (nSPS) is 18.8. The number of primary amides is 1. The summed E-state index contributed by atoms with van der Waals surface area (Å²) in [4.78, 5) is 12.6. The number of nitrogens with two attached hydrogens (primary N) is 1. The number of aromatic nitrogens is 2. The van der Waals surface area contributed by atoms with Crippen molar-refractivity contribution in [2.45, 2.75) is 35.3 Å². The minimum absolute atomic E-state index is 0.0172. The van der Waals surface area contributed by atoms with E-state index in [4.69, 9.17) is 5.73 Å². The molecule has 14 heteroatoms. The Hall–Kier alpha value is -3.52. The van der Waals surface area contributed by atoms with Crippen LogP contribution in [0.3, 0.4) is 0 Å². The van der Waals surface area contributed by atoms with E-state index in [1.54, 1.807) is 0 Å². The average molecular weight is 544 g/mol. The standard InChI is InChI=1S/C23H18F6N4O3S/c24-14-2-5-20(17(26)8-14)37(35,36)15-9-19(22(30)34)33(11-15)10-13-7-12(1-3-16(13)25)18-4-6-21(32-31-18)23(27,28)29/h1-8,15,19H,9-11H2,(H2,30,34). The molecule has 2 heterocycles. The Labute approximate surface area is 206 Å². The van der Waals surface area contributed by atoms with Crippen molar-refractivity contribution < 1.29 is 39.6 Å². The number of sulfone groups is 1. The molecule has 1 fully saturated rings. The van der Waals surface area contributed by atoms with E-state index in [2.05, 4.69) is 10.2 Å². The maximum atomic E-state index is 14.6. The Kier molecular flexibility index (Phi) is 6.99. The van der Waals surface area contributed by atoms with Crippen LogP contribution in [0.2, 0.25) is 0 Å². The van der Waals surface area contributed by atoms with Gasteiger partial charge in [-0.2, -0.15) is 13.2 Å². The summed E-state index contributed by atoms with van der Waals surface area (Å²) in [6.45, 7) is -0.601. The number of hydrogen-bond acceptors (Lipinski definition) is 6. The molecule has 3 aromatic rings. The lowest BCUT2D eigenvalue weighted by molar-refractivity contribution is -0.141. The second kappa shape index (κ2) is 9.74. The molecule has 1 aliphatic heterocycles. The van der Waals surface area contributed by atoms with E-state index in [-0.39, 0.29) is 36.3 Å². The van der Waals surface area contributed by atoms with Gasteiger partial charge in [0.2, 0.25) is 5.91 Å². The number of carbonyl (C=O) groups is 1. The summed E-state index contributed by atoms with van der Waals surface area (Å²) >= 11 is 0. The number of likely N-dealkylation sites (tertiary alicyclic amines) is 1. The number of alkyl halides is 3. The molecule has 1 amide bonds. The molecule has 2 aromatic carbocycles. The zero-order valence-corrected chi connectivity index (χ0v) is 19.5. The van der Waals surface area contributed by atoms with Gasteiger partial charge in [-0.15, -0.1) is 10.2 Å². The van der Waals surface area contributed by atoms with Crippen molar-refractivity contribution in [2.24, 2.45) is 5.73 Å². The smallest absolute Gasteiger partial charge is 0.368 e. The fourth-order valence-electron chi connectivity index (χ4n) is 4.15. The molecule has 2 atom stereocenters. The first kappa shape index (κ1) is 26.5. The highest BCUT2D eigenvalue weighted by atomic mass is 32.2. The molecule has 4 rings (SSSR count). The molecule has 0 saturated carbocycles. The molecule has 0 bridgehead atoms. The number of rotatable bonds is 6. The van der Waals surface area contributed by atoms with Crippen molar-refractivity contribution >= 4 is 15.7 Å². The Balaban J connectivity index is 1.61. The first-order valence-electron chi connectivity index (χ1n) is 10.7. The lowest BCUT2D eigenvalue weighted by atomic mass is 10.1. The molecule has 0 aliphatic carbocycles. The van der Waals surface area contributed by atoms with E-state index in [0.29, 0.717) is 6.07 Å². The van der Waals surface area contributed by atoms with Gasteiger partial charge in [-0.25, -0.2) is 21.6 Å². The van der Waals surface area contributed by atoms with E-state index in [1.807, 2.05) is 0 Å². The maximum absolute atomic E-state index is 14.6. The van der Waals surface area contributed by atoms with Crippen LogP contribution in [0.5, 0.6) is 0 Å². The molecule has 1 aliphatic rings. The average Bonchev–Trinajstić information content (AvgIpc) is 3.25. The molecule has 1 aromatic heterocycles. The predicted octanol–water partition coefficient (Wildman–Crippen LogP) is 3.48. The predicted molar refractivity (Wildman–Crippen MR) is 118 cm³/mol. The Morgan fingerprint density at radius 1 is 1.00 bits per heavy atom. The summed E-state index contributed by atoms with van der Waals surface area (Å²) in [5.74, 6) is -3.87. The highest BCUT2D eigenvalue weighted by Gasteiger charge is 2.43. The number of nitrogens with zero attached hydrogens (tertiary/aromatic N) is 3. The van der Waals surface area contributed by atoms with Gasteiger partial charge in [0, 0.05) is 30.3 Å². The topological polar surface area (TPSA) is 106 Å². The molecule has 0 spiro atoms. The minimum atomic E-state index is -4.69. The number of benzene rings is 2. The molecular weight excluding hydrogens is 526 g/mol. The summed E-state index contributed by atoms with van der Waals surface area (Å²) in [5, 5.41) is 5.37. The van der Waals surface area contributed by atoms with E-state index < -0.39 is 61.3 Å². The van der Waals surface area contributed by atoms with Crippen LogP contribution in [0.4, 0.5) is 26.3 Å². The number of amides is 1. The monoisotopic (exact) mass is 544 g/mol. The summed E-state index contributed by atoms with van der Waals surface area (Å²) in [5.41, 5.74) is 4.47. The molecule has 1 saturated heterocycles. The van der Waals surface area contributed by atoms with Gasteiger partial charge >= 0.3 is 6.18 Å². The molecule has 2 N–H and O–H groups in total. The van der Waals surface area contributed by atoms with Crippen molar-refractivity contribution in [1.29, 1.82) is 0 Å². The highest BCUT2D eigenvalue weighted by molar-refractivity contribution is 7.92. The third-order valence-electron chi connectivity index (χ3n) is 6.00. The molecule has 196 valence electrons. The van der Waals surface area contributed by atoms with Crippen LogP contribution >= 0.6 is 0 Å². The van der Waals surface area contributed by atoms with E-state index in [9.17, 15) is 39.6 Å². The van der Waals surface area contributed by atoms with Crippen molar-refractivity contribution in [2.75, 3.05) is 6.54 Å². The van der Waals surface area contributed by atoms with Crippen molar-refractivity contribution in [3.05, 3.63) is 77.2 Å². The van der Waals surface area contributed by atoms with Gasteiger partial charge in [-0.1, -0.05) is 0 Å². The first-order valence-corrected chi connectivity index (χ1v) is 12.2. The summed E-state index contributed by atoms with van der Waals surface area (Å²) < 4.78 is 106. The van der Waals surface area contributed by atoms with Gasteiger partial charge in [0.1, 0.15) is 22.3 Å². The van der Waals surface area contributed by atoms with Gasteiger partial charge < -0.3 is 5.73 Å². The lowest BCUT2D eigenvalue weighted by Gasteiger charge is -2.22. The van der Waals surface area contributed by atoms with Gasteiger partial charge in [0.15, 0.2) is 15.5 Å². The quantitative estimate of drug-likeness (QED) is 0.376. The molecule has 2 unspecified atom stereocenters. The fourth-order valence-corrected chi connectivity index (χ4v) is 5.92. The van der Waals surface area contributed by atoms with Gasteiger partial charge in [0.05, 0.1) is 17.0 Å². The summed E-state index contributed by atoms with van der Waals surface area (Å²) in [7, 11) is -4.35. The van der Waals surface area contributed by atoms with E-state index in [0.717, 1.165) is 30.3 Å². The van der Waals surface area contributed by atoms with Crippen LogP contribution in [0.25, 0.3) is 11.3 Å². The fraction of sp³-hybridized carbons (Fsp3) is 0.261. The maximum Gasteiger partial charge on any atom is 0.435 e. The van der Waals surface area contributed by atoms with Crippen LogP contribution < -0.4 is 5.73 Å². The second-order valence-corrected chi connectivity index (χ2v) is 10.6. The SMILES string of the molecule is NC(=O)C1CC(S(=O)(=O)c2ccc(F)cc2F)CN1Cc1cc(-c2ccc(C(F)(F)F)nn2)ccc1F. The van der Waals surface area contributed by atoms with E-state index in [1.165, 1.54) is 17.0 Å². The number of carbonyl (C=O) groups excluding carboxylic acids is 1. The third kappa shape index (κ3) is 5.44. The zero-order valence-electron chi connectivity index (χ0n) is 18.7. The molecule has 0 radical (unpaired) electrons. The lowest BCUT2D eigenvalue weighted by Crippen LogP contribution is -2.39. The van der Waals surface area contributed by atoms with Gasteiger partial charge in [-0.05, 0) is 48.9 Å². The third-order valence-corrected chi connectivity index (χ3v) is 8.17. The minimum Gasteiger partial charge on any atom is -0.368 e. The molecule has 37 heavy (non-hydrogen) atoms. The number of halogens is 6. The summed E-state index contributed by atoms with van der Waals surface area (Å²) in [6, 6.07) is 6.25. The summed E-state index contributed by atoms with van der Waals surface area (Å²) in [6.07, 6.45) is -4.99. The van der Waals surface area contributed by atoms with Crippen LogP contribution in [0.1, 0.15) is 17.7 Å². The second-order valence-electron chi connectivity index (χ2n) is 8.43. The van der Waals surface area contributed by atoms with Gasteiger partial charge in [-0.3, -0.25) is 9.69 Å². The van der Waals surface area contributed by atoms with Crippen LogP contribution in [-0.4, -0.2) is 47.3 Å². The Morgan fingerprint density at radius 3 is 2.32 bits per heavy atom.